The Morgan fingerprint density at radius 1 is 1.25 bits per heavy atom. The Kier molecular flexibility index (Phi) is 3.43. The van der Waals surface area contributed by atoms with Crippen molar-refractivity contribution < 1.29 is 4.39 Å². The third kappa shape index (κ3) is 3.02. The number of anilines is 1. The van der Waals surface area contributed by atoms with E-state index >= 15 is 0 Å². The van der Waals surface area contributed by atoms with Gasteiger partial charge in [0.1, 0.15) is 18.0 Å². The second-order valence-electron chi connectivity index (χ2n) is 3.40. The SMILES string of the molecule is Fc1cccc(CCNc2ccncn2)c1. The first-order valence-electron chi connectivity index (χ1n) is 5.09. The molecule has 0 aliphatic carbocycles. The second kappa shape index (κ2) is 5.21. The Morgan fingerprint density at radius 2 is 2.19 bits per heavy atom. The maximum Gasteiger partial charge on any atom is 0.129 e. The molecule has 1 aromatic carbocycles. The Balaban J connectivity index is 1.85. The molecule has 16 heavy (non-hydrogen) atoms. The molecule has 0 fully saturated rings. The summed E-state index contributed by atoms with van der Waals surface area (Å²) in [5.41, 5.74) is 0.974. The van der Waals surface area contributed by atoms with E-state index in [1.54, 1.807) is 24.4 Å². The second-order valence-corrected chi connectivity index (χ2v) is 3.40. The van der Waals surface area contributed by atoms with Gasteiger partial charge < -0.3 is 5.32 Å². The van der Waals surface area contributed by atoms with Crippen LogP contribution >= 0.6 is 0 Å². The van der Waals surface area contributed by atoms with E-state index in [9.17, 15) is 4.39 Å². The van der Waals surface area contributed by atoms with E-state index in [1.807, 2.05) is 6.07 Å². The Morgan fingerprint density at radius 3 is 2.94 bits per heavy atom. The molecule has 0 bridgehead atoms. The average Bonchev–Trinajstić information content (AvgIpc) is 2.30. The highest BCUT2D eigenvalue weighted by molar-refractivity contribution is 5.31. The molecule has 0 atom stereocenters. The summed E-state index contributed by atoms with van der Waals surface area (Å²) in [6.07, 6.45) is 3.93. The van der Waals surface area contributed by atoms with Crippen LogP contribution in [0.15, 0.2) is 42.9 Å². The van der Waals surface area contributed by atoms with Crippen LogP contribution in [0.2, 0.25) is 0 Å². The van der Waals surface area contributed by atoms with Crippen LogP contribution in [0, 0.1) is 5.82 Å². The zero-order valence-corrected chi connectivity index (χ0v) is 8.73. The fourth-order valence-electron chi connectivity index (χ4n) is 1.42. The van der Waals surface area contributed by atoms with Crippen molar-refractivity contribution in [3.8, 4) is 0 Å². The van der Waals surface area contributed by atoms with Crippen molar-refractivity contribution in [2.24, 2.45) is 0 Å². The summed E-state index contributed by atoms with van der Waals surface area (Å²) in [5, 5.41) is 3.14. The predicted molar refractivity (Wildman–Crippen MR) is 60.6 cm³/mol. The van der Waals surface area contributed by atoms with Crippen molar-refractivity contribution in [3.05, 3.63) is 54.2 Å². The number of halogens is 1. The summed E-state index contributed by atoms with van der Waals surface area (Å²) in [7, 11) is 0. The average molecular weight is 217 g/mol. The number of hydrogen-bond donors (Lipinski definition) is 1. The van der Waals surface area contributed by atoms with E-state index in [0.29, 0.717) is 0 Å². The van der Waals surface area contributed by atoms with Crippen LogP contribution in [-0.4, -0.2) is 16.5 Å². The fourth-order valence-corrected chi connectivity index (χ4v) is 1.42. The number of rotatable bonds is 4. The van der Waals surface area contributed by atoms with Gasteiger partial charge >= 0.3 is 0 Å². The van der Waals surface area contributed by atoms with Gasteiger partial charge in [-0.1, -0.05) is 12.1 Å². The first-order valence-corrected chi connectivity index (χ1v) is 5.09. The van der Waals surface area contributed by atoms with Gasteiger partial charge in [0.05, 0.1) is 0 Å². The first-order chi connectivity index (χ1) is 7.84. The number of benzene rings is 1. The Bertz CT molecular complexity index is 445. The van der Waals surface area contributed by atoms with Gasteiger partial charge in [0, 0.05) is 12.7 Å². The predicted octanol–water partition coefficient (Wildman–Crippen LogP) is 2.27. The zero-order chi connectivity index (χ0) is 11.2. The van der Waals surface area contributed by atoms with Gasteiger partial charge in [-0.25, -0.2) is 14.4 Å². The molecule has 2 rings (SSSR count). The van der Waals surface area contributed by atoms with E-state index in [2.05, 4.69) is 15.3 Å². The van der Waals surface area contributed by atoms with Gasteiger partial charge in [-0.15, -0.1) is 0 Å². The number of aromatic nitrogens is 2. The molecule has 0 radical (unpaired) electrons. The van der Waals surface area contributed by atoms with E-state index in [4.69, 9.17) is 0 Å². The minimum absolute atomic E-state index is 0.195. The summed E-state index contributed by atoms with van der Waals surface area (Å²) in [4.78, 5) is 7.85. The van der Waals surface area contributed by atoms with Crippen LogP contribution in [0.3, 0.4) is 0 Å². The monoisotopic (exact) mass is 217 g/mol. The molecule has 0 unspecified atom stereocenters. The van der Waals surface area contributed by atoms with E-state index in [0.717, 1.165) is 24.3 Å². The van der Waals surface area contributed by atoms with Crippen molar-refractivity contribution >= 4 is 5.82 Å². The fraction of sp³-hybridized carbons (Fsp3) is 0.167. The highest BCUT2D eigenvalue weighted by Gasteiger charge is 1.96. The summed E-state index contributed by atoms with van der Waals surface area (Å²) in [6, 6.07) is 8.41. The first kappa shape index (κ1) is 10.5. The topological polar surface area (TPSA) is 37.8 Å². The van der Waals surface area contributed by atoms with Gasteiger partial charge in [-0.2, -0.15) is 0 Å². The highest BCUT2D eigenvalue weighted by Crippen LogP contribution is 2.05. The number of hydrogen-bond acceptors (Lipinski definition) is 3. The van der Waals surface area contributed by atoms with Crippen LogP contribution in [0.1, 0.15) is 5.56 Å². The standard InChI is InChI=1S/C12H12FN3/c13-11-3-1-2-10(8-11)4-7-15-12-5-6-14-9-16-12/h1-3,5-6,8-9H,4,7H2,(H,14,15,16). The van der Waals surface area contributed by atoms with Crippen LogP contribution in [0.5, 0.6) is 0 Å². The molecule has 2 aromatic rings. The van der Waals surface area contributed by atoms with Gasteiger partial charge in [-0.3, -0.25) is 0 Å². The maximum atomic E-state index is 12.9. The molecule has 0 spiro atoms. The molecule has 0 saturated carbocycles. The summed E-state index contributed by atoms with van der Waals surface area (Å²) >= 11 is 0. The lowest BCUT2D eigenvalue weighted by atomic mass is 10.1. The smallest absolute Gasteiger partial charge is 0.129 e. The van der Waals surface area contributed by atoms with Gasteiger partial charge in [0.15, 0.2) is 0 Å². The lowest BCUT2D eigenvalue weighted by Gasteiger charge is -2.04. The lowest BCUT2D eigenvalue weighted by molar-refractivity contribution is 0.625. The molecule has 0 aliphatic rings. The van der Waals surface area contributed by atoms with Crippen molar-refractivity contribution in [2.45, 2.75) is 6.42 Å². The molecule has 3 nitrogen and oxygen atoms in total. The summed E-state index contributed by atoms with van der Waals surface area (Å²) in [5.74, 6) is 0.589. The Labute approximate surface area is 93.4 Å². The van der Waals surface area contributed by atoms with Crippen molar-refractivity contribution in [1.82, 2.24) is 9.97 Å². The normalized spacial score (nSPS) is 10.1. The molecular weight excluding hydrogens is 205 g/mol. The van der Waals surface area contributed by atoms with Crippen molar-refractivity contribution in [1.29, 1.82) is 0 Å². The molecule has 1 aromatic heterocycles. The van der Waals surface area contributed by atoms with Crippen LogP contribution < -0.4 is 5.32 Å². The molecule has 82 valence electrons. The largest absolute Gasteiger partial charge is 0.370 e. The van der Waals surface area contributed by atoms with Crippen LogP contribution in [0.25, 0.3) is 0 Å². The van der Waals surface area contributed by atoms with Gasteiger partial charge in [0.25, 0.3) is 0 Å². The molecular formula is C12H12FN3. The molecule has 0 amide bonds. The van der Waals surface area contributed by atoms with E-state index < -0.39 is 0 Å². The van der Waals surface area contributed by atoms with E-state index in [-0.39, 0.29) is 5.82 Å². The summed E-state index contributed by atoms with van der Waals surface area (Å²) in [6.45, 7) is 0.723. The minimum Gasteiger partial charge on any atom is -0.370 e. The molecule has 4 heteroatoms. The number of nitrogens with zero attached hydrogens (tertiary/aromatic N) is 2. The quantitative estimate of drug-likeness (QED) is 0.853. The lowest BCUT2D eigenvalue weighted by Crippen LogP contribution is -2.06. The van der Waals surface area contributed by atoms with Gasteiger partial charge in [-0.05, 0) is 30.2 Å². The molecule has 1 heterocycles. The molecule has 0 aliphatic heterocycles. The third-order valence-corrected chi connectivity index (χ3v) is 2.19. The van der Waals surface area contributed by atoms with E-state index in [1.165, 1.54) is 12.4 Å². The summed E-state index contributed by atoms with van der Waals surface area (Å²) < 4.78 is 12.9. The highest BCUT2D eigenvalue weighted by atomic mass is 19.1. The van der Waals surface area contributed by atoms with Crippen molar-refractivity contribution in [2.75, 3.05) is 11.9 Å². The molecule has 0 saturated heterocycles. The van der Waals surface area contributed by atoms with Gasteiger partial charge in [0.2, 0.25) is 0 Å². The maximum absolute atomic E-state index is 12.9. The molecule has 1 N–H and O–H groups in total. The zero-order valence-electron chi connectivity index (χ0n) is 8.73. The third-order valence-electron chi connectivity index (χ3n) is 2.19. The minimum atomic E-state index is -0.195. The number of nitrogens with one attached hydrogen (secondary N) is 1. The van der Waals surface area contributed by atoms with Crippen LogP contribution in [-0.2, 0) is 6.42 Å². The van der Waals surface area contributed by atoms with Crippen molar-refractivity contribution in [3.63, 3.8) is 0 Å². The van der Waals surface area contributed by atoms with Crippen LogP contribution in [0.4, 0.5) is 10.2 Å². The Hall–Kier alpha value is -1.97.